The van der Waals surface area contributed by atoms with Crippen molar-refractivity contribution in [2.45, 2.75) is 32.4 Å². The smallest absolute Gasteiger partial charge is 0.234 e. The van der Waals surface area contributed by atoms with Gasteiger partial charge in [-0.2, -0.15) is 0 Å². The van der Waals surface area contributed by atoms with Crippen LogP contribution in [0.3, 0.4) is 0 Å². The summed E-state index contributed by atoms with van der Waals surface area (Å²) in [6.07, 6.45) is 2.21. The lowest BCUT2D eigenvalue weighted by Gasteiger charge is -2.31. The lowest BCUT2D eigenvalue weighted by Crippen LogP contribution is -2.45. The van der Waals surface area contributed by atoms with E-state index in [0.717, 1.165) is 48.2 Å². The zero-order valence-corrected chi connectivity index (χ0v) is 13.9. The summed E-state index contributed by atoms with van der Waals surface area (Å²) in [5.41, 5.74) is 1.98. The lowest BCUT2D eigenvalue weighted by atomic mass is 10.1. The second kappa shape index (κ2) is 7.15. The second-order valence-electron chi connectivity index (χ2n) is 6.32. The summed E-state index contributed by atoms with van der Waals surface area (Å²) in [4.78, 5) is 14.3. The van der Waals surface area contributed by atoms with Gasteiger partial charge >= 0.3 is 0 Å². The molecule has 0 saturated carbocycles. The summed E-state index contributed by atoms with van der Waals surface area (Å²) in [6.45, 7) is 4.99. The van der Waals surface area contributed by atoms with Crippen LogP contribution >= 0.6 is 0 Å². The maximum atomic E-state index is 12.2. The Morgan fingerprint density at radius 2 is 2.09 bits per heavy atom. The molecule has 1 aliphatic heterocycles. The van der Waals surface area contributed by atoms with Crippen molar-refractivity contribution in [3.8, 4) is 0 Å². The minimum Gasteiger partial charge on any atom is -0.459 e. The molecule has 5 heteroatoms. The van der Waals surface area contributed by atoms with E-state index in [4.69, 9.17) is 4.42 Å². The summed E-state index contributed by atoms with van der Waals surface area (Å²) in [5.74, 6) is 0.884. The van der Waals surface area contributed by atoms with E-state index >= 15 is 0 Å². The Kier molecular flexibility index (Phi) is 4.98. The van der Waals surface area contributed by atoms with Gasteiger partial charge in [0.15, 0.2) is 0 Å². The zero-order valence-electron chi connectivity index (χ0n) is 13.9. The minimum absolute atomic E-state index is 0.0471. The van der Waals surface area contributed by atoms with Crippen LogP contribution in [0.5, 0.6) is 0 Å². The van der Waals surface area contributed by atoms with Gasteiger partial charge in [0.25, 0.3) is 0 Å². The monoisotopic (exact) mass is 315 g/mol. The Hall–Kier alpha value is -1.85. The molecule has 2 heterocycles. The van der Waals surface area contributed by atoms with Gasteiger partial charge in [0.2, 0.25) is 5.91 Å². The highest BCUT2D eigenvalue weighted by molar-refractivity contribution is 5.82. The second-order valence-corrected chi connectivity index (χ2v) is 6.32. The number of carbonyl (C=O) groups is 1. The van der Waals surface area contributed by atoms with Gasteiger partial charge in [-0.05, 0) is 46.0 Å². The number of hydrogen-bond donors (Lipinski definition) is 2. The van der Waals surface area contributed by atoms with E-state index in [2.05, 4.69) is 15.5 Å². The predicted molar refractivity (Wildman–Crippen MR) is 91.3 cm³/mol. The normalized spacial score (nSPS) is 16.1. The molecule has 23 heavy (non-hydrogen) atoms. The van der Waals surface area contributed by atoms with E-state index < -0.39 is 0 Å². The number of piperidine rings is 1. The average molecular weight is 315 g/mol. The fraction of sp³-hybridized carbons (Fsp3) is 0.500. The first kappa shape index (κ1) is 16.0. The van der Waals surface area contributed by atoms with Crippen molar-refractivity contribution < 1.29 is 9.21 Å². The number of fused-ring (bicyclic) bond motifs is 1. The predicted octanol–water partition coefficient (Wildman–Crippen LogP) is 2.04. The Labute approximate surface area is 137 Å². The van der Waals surface area contributed by atoms with Crippen LogP contribution in [-0.2, 0) is 11.3 Å². The first-order chi connectivity index (χ1) is 11.1. The summed E-state index contributed by atoms with van der Waals surface area (Å²) < 4.78 is 5.83. The number of likely N-dealkylation sites (N-methyl/N-ethyl adjacent to an activating group) is 1. The number of furan rings is 1. The average Bonchev–Trinajstić information content (AvgIpc) is 2.90. The minimum atomic E-state index is 0.0471. The number of aryl methyl sites for hydroxylation is 1. The van der Waals surface area contributed by atoms with Gasteiger partial charge < -0.3 is 15.1 Å². The Bertz CT molecular complexity index is 674. The highest BCUT2D eigenvalue weighted by atomic mass is 16.3. The maximum absolute atomic E-state index is 12.2. The van der Waals surface area contributed by atoms with Crippen molar-refractivity contribution in [1.82, 2.24) is 15.5 Å². The molecule has 0 spiro atoms. The van der Waals surface area contributed by atoms with E-state index in [1.54, 1.807) is 0 Å². The Balaban J connectivity index is 1.54. The summed E-state index contributed by atoms with van der Waals surface area (Å²) in [7, 11) is 2.03. The number of rotatable bonds is 5. The molecule has 1 aromatic heterocycles. The third-order valence-electron chi connectivity index (χ3n) is 4.71. The molecule has 0 aliphatic carbocycles. The molecule has 1 saturated heterocycles. The molecule has 1 fully saturated rings. The Morgan fingerprint density at radius 1 is 1.35 bits per heavy atom. The van der Waals surface area contributed by atoms with E-state index in [0.29, 0.717) is 19.1 Å². The lowest BCUT2D eigenvalue weighted by molar-refractivity contribution is -0.122. The van der Waals surface area contributed by atoms with E-state index in [1.165, 1.54) is 0 Å². The summed E-state index contributed by atoms with van der Waals surface area (Å²) in [6, 6.07) is 8.46. The molecule has 3 rings (SSSR count). The van der Waals surface area contributed by atoms with Gasteiger partial charge in [0.1, 0.15) is 11.3 Å². The molecule has 0 atom stereocenters. The van der Waals surface area contributed by atoms with Crippen molar-refractivity contribution in [1.29, 1.82) is 0 Å². The number of para-hydroxylation sites is 1. The highest BCUT2D eigenvalue weighted by Gasteiger charge is 2.19. The van der Waals surface area contributed by atoms with Crippen molar-refractivity contribution in [2.75, 3.05) is 26.7 Å². The highest BCUT2D eigenvalue weighted by Crippen LogP contribution is 2.24. The van der Waals surface area contributed by atoms with Crippen LogP contribution in [-0.4, -0.2) is 43.5 Å². The first-order valence-electron chi connectivity index (χ1n) is 8.30. The molecule has 2 aromatic rings. The largest absolute Gasteiger partial charge is 0.459 e. The van der Waals surface area contributed by atoms with Crippen molar-refractivity contribution in [3.05, 3.63) is 35.6 Å². The van der Waals surface area contributed by atoms with Gasteiger partial charge in [0, 0.05) is 17.0 Å². The van der Waals surface area contributed by atoms with E-state index in [-0.39, 0.29) is 5.91 Å². The molecular weight excluding hydrogens is 290 g/mol. The molecule has 1 aliphatic rings. The molecule has 124 valence electrons. The SMILES string of the molecule is Cc1c(CNC(=O)CN(C)C2CCNCC2)oc2ccccc12. The van der Waals surface area contributed by atoms with Gasteiger partial charge in [-0.1, -0.05) is 18.2 Å². The van der Waals surface area contributed by atoms with Crippen LogP contribution in [0.15, 0.2) is 28.7 Å². The van der Waals surface area contributed by atoms with Crippen molar-refractivity contribution in [3.63, 3.8) is 0 Å². The number of carbonyl (C=O) groups excluding carboxylic acids is 1. The standard InChI is InChI=1S/C18H25N3O2/c1-13-15-5-3-4-6-16(15)23-17(13)11-20-18(22)12-21(2)14-7-9-19-10-8-14/h3-6,14,19H,7-12H2,1-2H3,(H,20,22). The number of hydrogen-bond acceptors (Lipinski definition) is 4. The third-order valence-corrected chi connectivity index (χ3v) is 4.71. The van der Waals surface area contributed by atoms with Gasteiger partial charge in [0.05, 0.1) is 13.1 Å². The fourth-order valence-corrected chi connectivity index (χ4v) is 3.23. The first-order valence-corrected chi connectivity index (χ1v) is 8.30. The molecule has 0 radical (unpaired) electrons. The maximum Gasteiger partial charge on any atom is 0.234 e. The molecule has 0 unspecified atom stereocenters. The van der Waals surface area contributed by atoms with Crippen molar-refractivity contribution in [2.24, 2.45) is 0 Å². The number of nitrogens with zero attached hydrogens (tertiary/aromatic N) is 1. The zero-order chi connectivity index (χ0) is 16.2. The molecule has 2 N–H and O–H groups in total. The van der Waals surface area contributed by atoms with Crippen LogP contribution in [0, 0.1) is 6.92 Å². The molecule has 1 aromatic carbocycles. The quantitative estimate of drug-likeness (QED) is 0.886. The van der Waals surface area contributed by atoms with Crippen LogP contribution in [0.25, 0.3) is 11.0 Å². The van der Waals surface area contributed by atoms with Gasteiger partial charge in [-0.25, -0.2) is 0 Å². The van der Waals surface area contributed by atoms with Crippen LogP contribution in [0.4, 0.5) is 0 Å². The molecule has 0 bridgehead atoms. The third kappa shape index (κ3) is 3.74. The number of nitrogens with one attached hydrogen (secondary N) is 2. The summed E-state index contributed by atoms with van der Waals surface area (Å²) >= 11 is 0. The molecule has 1 amide bonds. The van der Waals surface area contributed by atoms with Gasteiger partial charge in [-0.15, -0.1) is 0 Å². The van der Waals surface area contributed by atoms with E-state index in [9.17, 15) is 4.79 Å². The topological polar surface area (TPSA) is 57.5 Å². The van der Waals surface area contributed by atoms with Crippen LogP contribution in [0.2, 0.25) is 0 Å². The van der Waals surface area contributed by atoms with Crippen LogP contribution < -0.4 is 10.6 Å². The fourth-order valence-electron chi connectivity index (χ4n) is 3.23. The molecular formula is C18H25N3O2. The van der Waals surface area contributed by atoms with Crippen molar-refractivity contribution >= 4 is 16.9 Å². The number of amides is 1. The summed E-state index contributed by atoms with van der Waals surface area (Å²) in [5, 5.41) is 7.44. The number of benzene rings is 1. The van der Waals surface area contributed by atoms with Crippen LogP contribution in [0.1, 0.15) is 24.2 Å². The van der Waals surface area contributed by atoms with Gasteiger partial charge in [-0.3, -0.25) is 9.69 Å². The van der Waals surface area contributed by atoms with E-state index in [1.807, 2.05) is 38.2 Å². The Morgan fingerprint density at radius 3 is 2.83 bits per heavy atom. The molecule has 5 nitrogen and oxygen atoms in total.